The van der Waals surface area contributed by atoms with Gasteiger partial charge in [-0.15, -0.1) is 37.9 Å². The molecule has 0 aliphatic rings. The third-order valence-electron chi connectivity index (χ3n) is 1.99. The van der Waals surface area contributed by atoms with Crippen LogP contribution in [0.4, 0.5) is 26.3 Å². The second kappa shape index (κ2) is 6.42. The van der Waals surface area contributed by atoms with Crippen LogP contribution in [0.15, 0.2) is 18.2 Å². The Labute approximate surface area is 119 Å². The number of benzene rings is 1. The number of ether oxygens (including phenoxy) is 2. The number of carbonyl (C=O) groups is 1. The molecule has 0 saturated carbocycles. The highest BCUT2D eigenvalue weighted by atomic mass is 35.5. The van der Waals surface area contributed by atoms with Crippen molar-refractivity contribution in [3.05, 3.63) is 23.8 Å². The zero-order valence-electron chi connectivity index (χ0n) is 10.0. The Kier molecular flexibility index (Phi) is 5.32. The lowest BCUT2D eigenvalue weighted by Gasteiger charge is -2.14. The molecule has 118 valence electrons. The molecule has 1 aromatic rings. The van der Waals surface area contributed by atoms with E-state index in [-0.39, 0.29) is 12.3 Å². The summed E-state index contributed by atoms with van der Waals surface area (Å²) in [5.74, 6) is -2.88. The predicted octanol–water partition coefficient (Wildman–Crippen LogP) is 4.30. The maximum absolute atomic E-state index is 12.1. The van der Waals surface area contributed by atoms with Crippen LogP contribution < -0.4 is 9.47 Å². The van der Waals surface area contributed by atoms with Gasteiger partial charge in [0.1, 0.15) is 11.5 Å². The van der Waals surface area contributed by atoms with Gasteiger partial charge in [-0.1, -0.05) is 0 Å². The summed E-state index contributed by atoms with van der Waals surface area (Å²) >= 11 is 5.30. The fourth-order valence-electron chi connectivity index (χ4n) is 1.35. The van der Waals surface area contributed by atoms with Gasteiger partial charge in [-0.05, 0) is 12.1 Å². The first-order valence-corrected chi connectivity index (χ1v) is 5.79. The number of halogens is 7. The van der Waals surface area contributed by atoms with E-state index < -0.39 is 35.6 Å². The number of Topliss-reactive ketones (excluding diaryl/α,β-unsaturated/α-hetero) is 1. The van der Waals surface area contributed by atoms with Crippen LogP contribution in [0.2, 0.25) is 0 Å². The van der Waals surface area contributed by atoms with Gasteiger partial charge in [0.05, 0.1) is 0 Å². The second-order valence-corrected chi connectivity index (χ2v) is 4.03. The molecule has 0 fully saturated rings. The van der Waals surface area contributed by atoms with Gasteiger partial charge >= 0.3 is 12.7 Å². The summed E-state index contributed by atoms with van der Waals surface area (Å²) in [6.45, 7) is 0. The van der Waals surface area contributed by atoms with Crippen molar-refractivity contribution in [2.24, 2.45) is 0 Å². The minimum absolute atomic E-state index is 0.140. The van der Waals surface area contributed by atoms with E-state index in [0.717, 1.165) is 0 Å². The van der Waals surface area contributed by atoms with Gasteiger partial charge in [0.25, 0.3) is 0 Å². The Morgan fingerprint density at radius 1 is 0.952 bits per heavy atom. The summed E-state index contributed by atoms with van der Waals surface area (Å²) in [6, 6.07) is 1.69. The average Bonchev–Trinajstić information content (AvgIpc) is 2.23. The van der Waals surface area contributed by atoms with Crippen LogP contribution in [0, 0.1) is 0 Å². The van der Waals surface area contributed by atoms with Gasteiger partial charge in [0.15, 0.2) is 5.78 Å². The molecule has 0 spiro atoms. The molecule has 0 saturated heterocycles. The fraction of sp³-hybridized carbons (Fsp3) is 0.364. The van der Waals surface area contributed by atoms with E-state index in [0.29, 0.717) is 18.2 Å². The molecular formula is C11H7ClF6O3. The Bertz CT molecular complexity index is 477. The highest BCUT2D eigenvalue weighted by Crippen LogP contribution is 2.31. The fourth-order valence-corrected chi connectivity index (χ4v) is 1.52. The van der Waals surface area contributed by atoms with E-state index in [9.17, 15) is 31.1 Å². The summed E-state index contributed by atoms with van der Waals surface area (Å²) in [5, 5.41) is 0. The largest absolute Gasteiger partial charge is 0.573 e. The maximum Gasteiger partial charge on any atom is 0.573 e. The van der Waals surface area contributed by atoms with Crippen molar-refractivity contribution in [2.75, 3.05) is 5.88 Å². The molecule has 0 bridgehead atoms. The van der Waals surface area contributed by atoms with Gasteiger partial charge in [-0.2, -0.15) is 0 Å². The van der Waals surface area contributed by atoms with Crippen molar-refractivity contribution in [3.63, 3.8) is 0 Å². The van der Waals surface area contributed by atoms with Crippen LogP contribution in [0.1, 0.15) is 16.8 Å². The third-order valence-corrected chi connectivity index (χ3v) is 2.18. The van der Waals surface area contributed by atoms with Crippen LogP contribution in [0.25, 0.3) is 0 Å². The lowest BCUT2D eigenvalue weighted by atomic mass is 10.1. The van der Waals surface area contributed by atoms with Gasteiger partial charge in [0, 0.05) is 23.9 Å². The summed E-state index contributed by atoms with van der Waals surface area (Å²) in [7, 11) is 0. The molecule has 1 aromatic carbocycles. The van der Waals surface area contributed by atoms with E-state index in [1.54, 1.807) is 0 Å². The van der Waals surface area contributed by atoms with Crippen LogP contribution in [-0.4, -0.2) is 24.4 Å². The molecule has 0 unspecified atom stereocenters. The lowest BCUT2D eigenvalue weighted by Crippen LogP contribution is -2.19. The van der Waals surface area contributed by atoms with Crippen molar-refractivity contribution in [3.8, 4) is 11.5 Å². The molecule has 0 atom stereocenters. The van der Waals surface area contributed by atoms with Crippen LogP contribution in [-0.2, 0) is 0 Å². The van der Waals surface area contributed by atoms with Crippen molar-refractivity contribution in [2.45, 2.75) is 19.1 Å². The zero-order chi connectivity index (χ0) is 16.3. The van der Waals surface area contributed by atoms with Gasteiger partial charge in [-0.3, -0.25) is 4.79 Å². The molecule has 0 aromatic heterocycles. The van der Waals surface area contributed by atoms with Crippen molar-refractivity contribution in [1.82, 2.24) is 0 Å². The smallest absolute Gasteiger partial charge is 0.406 e. The highest BCUT2D eigenvalue weighted by molar-refractivity contribution is 6.19. The van der Waals surface area contributed by atoms with E-state index in [4.69, 9.17) is 11.6 Å². The quantitative estimate of drug-likeness (QED) is 0.457. The Morgan fingerprint density at radius 2 is 1.38 bits per heavy atom. The number of hydrogen-bond acceptors (Lipinski definition) is 3. The second-order valence-electron chi connectivity index (χ2n) is 3.65. The topological polar surface area (TPSA) is 35.5 Å². The summed E-state index contributed by atoms with van der Waals surface area (Å²) in [4.78, 5) is 11.5. The van der Waals surface area contributed by atoms with Crippen LogP contribution >= 0.6 is 11.6 Å². The van der Waals surface area contributed by atoms with Crippen molar-refractivity contribution in [1.29, 1.82) is 0 Å². The summed E-state index contributed by atoms with van der Waals surface area (Å²) < 4.78 is 79.6. The molecule has 0 amide bonds. The van der Waals surface area contributed by atoms with E-state index in [1.165, 1.54) is 0 Å². The zero-order valence-corrected chi connectivity index (χ0v) is 10.8. The Morgan fingerprint density at radius 3 is 1.71 bits per heavy atom. The summed E-state index contributed by atoms with van der Waals surface area (Å²) in [6.07, 6.45) is -10.5. The molecule has 10 heteroatoms. The number of rotatable bonds is 5. The minimum Gasteiger partial charge on any atom is -0.406 e. The first kappa shape index (κ1) is 17.4. The normalized spacial score (nSPS) is 12.1. The third kappa shape index (κ3) is 6.56. The SMILES string of the molecule is O=C(CCCl)c1cc(OC(F)(F)F)cc(OC(F)(F)F)c1. The van der Waals surface area contributed by atoms with Gasteiger partial charge in [-0.25, -0.2) is 0 Å². The van der Waals surface area contributed by atoms with Gasteiger partial charge in [0.2, 0.25) is 0 Å². The lowest BCUT2D eigenvalue weighted by molar-refractivity contribution is -0.276. The molecule has 0 aliphatic carbocycles. The molecule has 0 aliphatic heterocycles. The minimum atomic E-state index is -5.12. The monoisotopic (exact) mass is 336 g/mol. The molecule has 1 rings (SSSR count). The molecule has 0 radical (unpaired) electrons. The van der Waals surface area contributed by atoms with Crippen LogP contribution in [0.5, 0.6) is 11.5 Å². The molecule has 0 N–H and O–H groups in total. The number of hydrogen-bond donors (Lipinski definition) is 0. The maximum atomic E-state index is 12.1. The first-order valence-electron chi connectivity index (χ1n) is 5.26. The Balaban J connectivity index is 3.16. The molecule has 3 nitrogen and oxygen atoms in total. The number of ketones is 1. The number of alkyl halides is 7. The standard InChI is InChI=1S/C11H7ClF6O3/c12-2-1-9(19)6-3-7(20-10(13,14)15)5-8(4-6)21-11(16,17)18/h3-5H,1-2H2. The highest BCUT2D eigenvalue weighted by Gasteiger charge is 2.34. The molecule has 21 heavy (non-hydrogen) atoms. The van der Waals surface area contributed by atoms with Crippen LogP contribution in [0.3, 0.4) is 0 Å². The Hall–Kier alpha value is -1.64. The molecule has 0 heterocycles. The van der Waals surface area contributed by atoms with E-state index >= 15 is 0 Å². The average molecular weight is 337 g/mol. The van der Waals surface area contributed by atoms with E-state index in [1.807, 2.05) is 0 Å². The van der Waals surface area contributed by atoms with E-state index in [2.05, 4.69) is 9.47 Å². The van der Waals surface area contributed by atoms with Crippen molar-refractivity contribution >= 4 is 17.4 Å². The number of carbonyl (C=O) groups excluding carboxylic acids is 1. The van der Waals surface area contributed by atoms with Gasteiger partial charge < -0.3 is 9.47 Å². The molecular weight excluding hydrogens is 330 g/mol. The summed E-state index contributed by atoms with van der Waals surface area (Å²) in [5.41, 5.74) is -0.434. The predicted molar refractivity (Wildman–Crippen MR) is 59.5 cm³/mol. The first-order chi connectivity index (χ1) is 9.50. The van der Waals surface area contributed by atoms with Crippen molar-refractivity contribution < 1.29 is 40.6 Å².